The van der Waals surface area contributed by atoms with Gasteiger partial charge in [0.1, 0.15) is 0 Å². The number of amides is 2. The first kappa shape index (κ1) is 19.6. The van der Waals surface area contributed by atoms with Gasteiger partial charge < -0.3 is 9.80 Å². The number of carbonyl (C=O) groups is 2. The zero-order valence-corrected chi connectivity index (χ0v) is 16.9. The third-order valence-corrected chi connectivity index (χ3v) is 6.10. The van der Waals surface area contributed by atoms with E-state index in [4.69, 9.17) is 0 Å². The van der Waals surface area contributed by atoms with Crippen LogP contribution in [0.1, 0.15) is 30.5 Å². The van der Waals surface area contributed by atoms with Crippen molar-refractivity contribution in [3.05, 3.63) is 66.0 Å². The maximum Gasteiger partial charge on any atom is 0.228 e. The van der Waals surface area contributed by atoms with Gasteiger partial charge in [-0.2, -0.15) is 0 Å². The molecule has 6 nitrogen and oxygen atoms in total. The summed E-state index contributed by atoms with van der Waals surface area (Å²) in [4.78, 5) is 35.8. The van der Waals surface area contributed by atoms with Crippen LogP contribution in [0.15, 0.2) is 54.9 Å². The highest BCUT2D eigenvalue weighted by molar-refractivity contribution is 5.89. The summed E-state index contributed by atoms with van der Waals surface area (Å²) in [6.45, 7) is 6.61. The van der Waals surface area contributed by atoms with Gasteiger partial charge in [-0.15, -0.1) is 0 Å². The molecular formula is C23H28N4O2. The maximum absolute atomic E-state index is 13.0. The van der Waals surface area contributed by atoms with Crippen LogP contribution in [0.3, 0.4) is 0 Å². The Labute approximate surface area is 172 Å². The Balaban J connectivity index is 1.31. The molecule has 0 aliphatic carbocycles. The van der Waals surface area contributed by atoms with E-state index in [9.17, 15) is 9.59 Å². The molecule has 0 spiro atoms. The van der Waals surface area contributed by atoms with E-state index in [0.717, 1.165) is 38.3 Å². The molecular weight excluding hydrogens is 364 g/mol. The van der Waals surface area contributed by atoms with Gasteiger partial charge in [-0.3, -0.25) is 19.5 Å². The van der Waals surface area contributed by atoms with E-state index in [-0.39, 0.29) is 23.8 Å². The van der Waals surface area contributed by atoms with Crippen LogP contribution >= 0.6 is 0 Å². The highest BCUT2D eigenvalue weighted by Crippen LogP contribution is 2.29. The molecule has 2 amide bonds. The van der Waals surface area contributed by atoms with Gasteiger partial charge in [0.25, 0.3) is 0 Å². The summed E-state index contributed by atoms with van der Waals surface area (Å²) < 4.78 is 0. The molecule has 0 unspecified atom stereocenters. The van der Waals surface area contributed by atoms with Crippen molar-refractivity contribution in [1.82, 2.24) is 19.7 Å². The number of carbonyl (C=O) groups excluding carboxylic acids is 2. The Hall–Kier alpha value is -2.73. The van der Waals surface area contributed by atoms with E-state index in [1.165, 1.54) is 5.56 Å². The molecule has 152 valence electrons. The molecule has 2 saturated heterocycles. The van der Waals surface area contributed by atoms with Crippen molar-refractivity contribution in [3.8, 4) is 0 Å². The van der Waals surface area contributed by atoms with Gasteiger partial charge in [0.05, 0.1) is 12.0 Å². The van der Waals surface area contributed by atoms with Gasteiger partial charge in [-0.25, -0.2) is 0 Å². The first-order valence-corrected chi connectivity index (χ1v) is 10.4. The predicted molar refractivity (Wildman–Crippen MR) is 111 cm³/mol. The van der Waals surface area contributed by atoms with Crippen LogP contribution in [-0.2, 0) is 16.1 Å². The Kier molecular flexibility index (Phi) is 5.90. The molecule has 0 saturated carbocycles. The minimum atomic E-state index is -0.222. The summed E-state index contributed by atoms with van der Waals surface area (Å²) in [6.07, 6.45) is 3.95. The van der Waals surface area contributed by atoms with E-state index >= 15 is 0 Å². The summed E-state index contributed by atoms with van der Waals surface area (Å²) >= 11 is 0. The molecule has 6 heteroatoms. The molecule has 4 rings (SSSR count). The number of pyridine rings is 1. The van der Waals surface area contributed by atoms with E-state index in [2.05, 4.69) is 9.88 Å². The number of piperazine rings is 1. The second-order valence-corrected chi connectivity index (χ2v) is 7.99. The van der Waals surface area contributed by atoms with Crippen molar-refractivity contribution in [2.75, 3.05) is 32.7 Å². The summed E-state index contributed by atoms with van der Waals surface area (Å²) in [6, 6.07) is 14.1. The number of likely N-dealkylation sites (tertiary alicyclic amines) is 1. The van der Waals surface area contributed by atoms with Gasteiger partial charge in [-0.05, 0) is 30.2 Å². The van der Waals surface area contributed by atoms with E-state index in [0.29, 0.717) is 13.0 Å². The van der Waals surface area contributed by atoms with Gasteiger partial charge in [0, 0.05) is 58.1 Å². The largest absolute Gasteiger partial charge is 0.340 e. The number of rotatable bonds is 5. The van der Waals surface area contributed by atoms with Gasteiger partial charge >= 0.3 is 0 Å². The average Bonchev–Trinajstić information content (AvgIpc) is 3.16. The lowest BCUT2D eigenvalue weighted by atomic mass is 10.1. The van der Waals surface area contributed by atoms with E-state index in [1.807, 2.05) is 71.6 Å². The average molecular weight is 393 g/mol. The van der Waals surface area contributed by atoms with E-state index in [1.54, 1.807) is 0 Å². The monoisotopic (exact) mass is 392 g/mol. The third kappa shape index (κ3) is 4.48. The molecule has 2 aliphatic heterocycles. The van der Waals surface area contributed by atoms with Crippen LogP contribution < -0.4 is 0 Å². The van der Waals surface area contributed by atoms with Crippen molar-refractivity contribution >= 4 is 11.8 Å². The van der Waals surface area contributed by atoms with Crippen molar-refractivity contribution in [1.29, 1.82) is 0 Å². The zero-order chi connectivity index (χ0) is 20.2. The van der Waals surface area contributed by atoms with Crippen LogP contribution in [0.5, 0.6) is 0 Å². The summed E-state index contributed by atoms with van der Waals surface area (Å²) in [5.74, 6) is -0.0129. The topological polar surface area (TPSA) is 56.8 Å². The molecule has 29 heavy (non-hydrogen) atoms. The Morgan fingerprint density at radius 1 is 1.07 bits per heavy atom. The van der Waals surface area contributed by atoms with Crippen LogP contribution in [0, 0.1) is 5.92 Å². The molecule has 0 bridgehead atoms. The SMILES string of the molecule is C[C@H](c1ccccc1)N1C[C@@H](C(=O)N2CCN(Cc3ccncc3)CC2)CC1=O. The smallest absolute Gasteiger partial charge is 0.228 e. The predicted octanol–water partition coefficient (Wildman–Crippen LogP) is 2.34. The number of aromatic nitrogens is 1. The highest BCUT2D eigenvalue weighted by Gasteiger charge is 2.39. The molecule has 2 aliphatic rings. The molecule has 1 aromatic carbocycles. The molecule has 3 heterocycles. The van der Waals surface area contributed by atoms with Gasteiger partial charge in [0.2, 0.25) is 11.8 Å². The number of nitrogens with zero attached hydrogens (tertiary/aromatic N) is 4. The standard InChI is InChI=1S/C23H28N4O2/c1-18(20-5-3-2-4-6-20)27-17-21(15-22(27)28)23(29)26-13-11-25(12-14-26)16-19-7-9-24-10-8-19/h2-10,18,21H,11-17H2,1H3/t18-,21+/m1/s1. The normalized spacial score (nSPS) is 21.4. The van der Waals surface area contributed by atoms with Crippen LogP contribution in [-0.4, -0.2) is 64.2 Å². The van der Waals surface area contributed by atoms with E-state index < -0.39 is 0 Å². The van der Waals surface area contributed by atoms with Crippen LogP contribution in [0.2, 0.25) is 0 Å². The molecule has 2 aromatic rings. The lowest BCUT2D eigenvalue weighted by Gasteiger charge is -2.36. The first-order chi connectivity index (χ1) is 14.1. The van der Waals surface area contributed by atoms with Gasteiger partial charge in [-0.1, -0.05) is 30.3 Å². The Morgan fingerprint density at radius 3 is 2.45 bits per heavy atom. The van der Waals surface area contributed by atoms with Gasteiger partial charge in [0.15, 0.2) is 0 Å². The Morgan fingerprint density at radius 2 is 1.76 bits per heavy atom. The lowest BCUT2D eigenvalue weighted by Crippen LogP contribution is -2.50. The number of benzene rings is 1. The summed E-state index contributed by atoms with van der Waals surface area (Å²) in [5, 5.41) is 0. The number of hydrogen-bond donors (Lipinski definition) is 0. The van der Waals surface area contributed by atoms with Crippen molar-refractivity contribution in [2.45, 2.75) is 25.9 Å². The fourth-order valence-corrected chi connectivity index (χ4v) is 4.31. The minimum Gasteiger partial charge on any atom is -0.340 e. The molecule has 1 aromatic heterocycles. The Bertz CT molecular complexity index is 834. The summed E-state index contributed by atoms with van der Waals surface area (Å²) in [7, 11) is 0. The zero-order valence-electron chi connectivity index (χ0n) is 16.9. The summed E-state index contributed by atoms with van der Waals surface area (Å²) in [5.41, 5.74) is 2.35. The minimum absolute atomic E-state index is 0.00119. The number of hydrogen-bond acceptors (Lipinski definition) is 4. The first-order valence-electron chi connectivity index (χ1n) is 10.4. The quantitative estimate of drug-likeness (QED) is 0.784. The van der Waals surface area contributed by atoms with Crippen molar-refractivity contribution < 1.29 is 9.59 Å². The van der Waals surface area contributed by atoms with Crippen LogP contribution in [0.25, 0.3) is 0 Å². The fourth-order valence-electron chi connectivity index (χ4n) is 4.31. The van der Waals surface area contributed by atoms with Crippen molar-refractivity contribution in [3.63, 3.8) is 0 Å². The fraction of sp³-hybridized carbons (Fsp3) is 0.435. The maximum atomic E-state index is 13.0. The molecule has 2 atom stereocenters. The van der Waals surface area contributed by atoms with Crippen LogP contribution in [0.4, 0.5) is 0 Å². The second-order valence-electron chi connectivity index (χ2n) is 7.99. The van der Waals surface area contributed by atoms with Crippen molar-refractivity contribution in [2.24, 2.45) is 5.92 Å². The third-order valence-electron chi connectivity index (χ3n) is 6.10. The lowest BCUT2D eigenvalue weighted by molar-refractivity contribution is -0.137. The molecule has 0 N–H and O–H groups in total. The molecule has 0 radical (unpaired) electrons. The highest BCUT2D eigenvalue weighted by atomic mass is 16.2. The molecule has 2 fully saturated rings. The second kappa shape index (κ2) is 8.74.